The summed E-state index contributed by atoms with van der Waals surface area (Å²) in [5.74, 6) is 0.936. The van der Waals surface area contributed by atoms with Crippen LogP contribution in [0.2, 0.25) is 5.02 Å². The molecule has 2 atom stereocenters. The molecule has 1 amide bonds. The Morgan fingerprint density at radius 1 is 1.55 bits per heavy atom. The van der Waals surface area contributed by atoms with Crippen LogP contribution in [0.4, 0.5) is 10.5 Å². The Hall–Kier alpha value is -1.62. The second kappa shape index (κ2) is 6.22. The third kappa shape index (κ3) is 3.28. The normalized spacial score (nSPS) is 22.4. The number of rotatable bonds is 3. The number of halogens is 1. The summed E-state index contributed by atoms with van der Waals surface area (Å²) in [6, 6.07) is 5.68. The highest BCUT2D eigenvalue weighted by Crippen LogP contribution is 2.30. The van der Waals surface area contributed by atoms with Gasteiger partial charge in [0, 0.05) is 30.2 Å². The maximum Gasteiger partial charge on any atom is 0.407 e. The number of hydrogen-bond donors (Lipinski definition) is 2. The van der Waals surface area contributed by atoms with Crippen LogP contribution in [-0.4, -0.2) is 42.3 Å². The van der Waals surface area contributed by atoms with E-state index in [0.717, 1.165) is 12.1 Å². The van der Waals surface area contributed by atoms with Gasteiger partial charge in [0.05, 0.1) is 12.8 Å². The Morgan fingerprint density at radius 3 is 2.90 bits per heavy atom. The lowest BCUT2D eigenvalue weighted by molar-refractivity contribution is 0.119. The number of anilines is 1. The van der Waals surface area contributed by atoms with Gasteiger partial charge in [-0.05, 0) is 24.5 Å². The van der Waals surface area contributed by atoms with E-state index in [0.29, 0.717) is 23.9 Å². The summed E-state index contributed by atoms with van der Waals surface area (Å²) in [6.45, 7) is 3.14. The lowest BCUT2D eigenvalue weighted by Crippen LogP contribution is -2.47. The third-order valence-electron chi connectivity index (χ3n) is 3.68. The number of nitrogens with zero attached hydrogens (tertiary/aromatic N) is 1. The molecule has 0 aliphatic carbocycles. The van der Waals surface area contributed by atoms with Gasteiger partial charge in [0.15, 0.2) is 0 Å². The number of benzene rings is 1. The van der Waals surface area contributed by atoms with E-state index in [-0.39, 0.29) is 12.0 Å². The number of carbonyl (C=O) groups is 1. The maximum atomic E-state index is 11.0. The number of amides is 1. The van der Waals surface area contributed by atoms with Crippen LogP contribution >= 0.6 is 11.6 Å². The summed E-state index contributed by atoms with van der Waals surface area (Å²) in [7, 11) is 1.60. The predicted octanol–water partition coefficient (Wildman–Crippen LogP) is 3.15. The van der Waals surface area contributed by atoms with Gasteiger partial charge in [-0.3, -0.25) is 0 Å². The van der Waals surface area contributed by atoms with Gasteiger partial charge in [0.1, 0.15) is 5.75 Å². The molecule has 1 aliphatic heterocycles. The van der Waals surface area contributed by atoms with E-state index in [9.17, 15) is 4.79 Å². The number of likely N-dealkylation sites (tertiary alicyclic amines) is 1. The largest absolute Gasteiger partial charge is 0.495 e. The fourth-order valence-corrected chi connectivity index (χ4v) is 2.68. The van der Waals surface area contributed by atoms with Gasteiger partial charge >= 0.3 is 6.09 Å². The van der Waals surface area contributed by atoms with Gasteiger partial charge in [-0.2, -0.15) is 0 Å². The SMILES string of the molecule is COc1cc(Cl)ccc1N[C@@H]1CCN(C(=O)O)C[C@H]1C. The van der Waals surface area contributed by atoms with Gasteiger partial charge in [-0.1, -0.05) is 18.5 Å². The van der Waals surface area contributed by atoms with Crippen molar-refractivity contribution in [3.05, 3.63) is 23.2 Å². The molecule has 0 bridgehead atoms. The first-order valence-electron chi connectivity index (χ1n) is 6.59. The van der Waals surface area contributed by atoms with Crippen LogP contribution in [0.5, 0.6) is 5.75 Å². The summed E-state index contributed by atoms with van der Waals surface area (Å²) < 4.78 is 5.31. The van der Waals surface area contributed by atoms with Crippen molar-refractivity contribution in [3.8, 4) is 5.75 Å². The number of hydrogen-bond acceptors (Lipinski definition) is 3. The average Bonchev–Trinajstić information content (AvgIpc) is 2.42. The van der Waals surface area contributed by atoms with Crippen molar-refractivity contribution in [2.75, 3.05) is 25.5 Å². The molecule has 1 heterocycles. The van der Waals surface area contributed by atoms with Gasteiger partial charge < -0.3 is 20.1 Å². The topological polar surface area (TPSA) is 61.8 Å². The molecular weight excluding hydrogens is 280 g/mol. The Kier molecular flexibility index (Phi) is 4.60. The van der Waals surface area contributed by atoms with Gasteiger partial charge in [-0.15, -0.1) is 0 Å². The van der Waals surface area contributed by atoms with Crippen molar-refractivity contribution < 1.29 is 14.6 Å². The molecule has 1 fully saturated rings. The lowest BCUT2D eigenvalue weighted by atomic mass is 9.94. The third-order valence-corrected chi connectivity index (χ3v) is 3.92. The van der Waals surface area contributed by atoms with Crippen molar-refractivity contribution in [2.24, 2.45) is 5.92 Å². The zero-order valence-corrected chi connectivity index (χ0v) is 12.4. The number of piperidine rings is 1. The molecule has 0 saturated carbocycles. The van der Waals surface area contributed by atoms with E-state index in [1.807, 2.05) is 12.1 Å². The van der Waals surface area contributed by atoms with Crippen LogP contribution in [0.1, 0.15) is 13.3 Å². The fraction of sp³-hybridized carbons (Fsp3) is 0.500. The van der Waals surface area contributed by atoms with Crippen molar-refractivity contribution in [1.29, 1.82) is 0 Å². The molecule has 1 aromatic rings. The Labute approximate surface area is 123 Å². The summed E-state index contributed by atoms with van der Waals surface area (Å²) in [5.41, 5.74) is 0.887. The quantitative estimate of drug-likeness (QED) is 0.900. The second-order valence-electron chi connectivity index (χ2n) is 5.09. The number of ether oxygens (including phenoxy) is 1. The van der Waals surface area contributed by atoms with Crippen LogP contribution in [0.25, 0.3) is 0 Å². The zero-order valence-electron chi connectivity index (χ0n) is 11.6. The second-order valence-corrected chi connectivity index (χ2v) is 5.53. The number of carboxylic acid groups (broad SMARTS) is 1. The molecule has 5 nitrogen and oxygen atoms in total. The summed E-state index contributed by atoms with van der Waals surface area (Å²) in [5, 5.41) is 13.1. The monoisotopic (exact) mass is 298 g/mol. The molecule has 1 aliphatic rings. The van der Waals surface area contributed by atoms with E-state index >= 15 is 0 Å². The first kappa shape index (κ1) is 14.8. The minimum absolute atomic E-state index is 0.223. The summed E-state index contributed by atoms with van der Waals surface area (Å²) in [4.78, 5) is 12.4. The van der Waals surface area contributed by atoms with E-state index in [1.165, 1.54) is 4.90 Å². The average molecular weight is 299 g/mol. The highest BCUT2D eigenvalue weighted by atomic mass is 35.5. The molecule has 6 heteroatoms. The van der Waals surface area contributed by atoms with Crippen molar-refractivity contribution >= 4 is 23.4 Å². The van der Waals surface area contributed by atoms with E-state index in [2.05, 4.69) is 12.2 Å². The van der Waals surface area contributed by atoms with Crippen LogP contribution in [0, 0.1) is 5.92 Å². The van der Waals surface area contributed by atoms with Crippen LogP contribution in [0.3, 0.4) is 0 Å². The van der Waals surface area contributed by atoms with Crippen LogP contribution in [0.15, 0.2) is 18.2 Å². The molecule has 0 aromatic heterocycles. The van der Waals surface area contributed by atoms with Crippen molar-refractivity contribution in [2.45, 2.75) is 19.4 Å². The molecule has 0 unspecified atom stereocenters. The van der Waals surface area contributed by atoms with Crippen molar-refractivity contribution in [3.63, 3.8) is 0 Å². The predicted molar refractivity (Wildman–Crippen MR) is 78.8 cm³/mol. The zero-order chi connectivity index (χ0) is 14.7. The molecule has 20 heavy (non-hydrogen) atoms. The van der Waals surface area contributed by atoms with E-state index < -0.39 is 6.09 Å². The number of nitrogens with one attached hydrogen (secondary N) is 1. The summed E-state index contributed by atoms with van der Waals surface area (Å²) >= 11 is 5.94. The minimum Gasteiger partial charge on any atom is -0.495 e. The molecular formula is C14H19ClN2O3. The Morgan fingerprint density at radius 2 is 2.30 bits per heavy atom. The smallest absolute Gasteiger partial charge is 0.407 e. The first-order valence-corrected chi connectivity index (χ1v) is 6.97. The molecule has 2 rings (SSSR count). The van der Waals surface area contributed by atoms with E-state index in [1.54, 1.807) is 13.2 Å². The minimum atomic E-state index is -0.848. The Bertz CT molecular complexity index is 495. The van der Waals surface area contributed by atoms with Gasteiger partial charge in [0.25, 0.3) is 0 Å². The van der Waals surface area contributed by atoms with E-state index in [4.69, 9.17) is 21.4 Å². The van der Waals surface area contributed by atoms with Crippen molar-refractivity contribution in [1.82, 2.24) is 4.90 Å². The molecule has 1 saturated heterocycles. The van der Waals surface area contributed by atoms with Gasteiger partial charge in [0.2, 0.25) is 0 Å². The van der Waals surface area contributed by atoms with Crippen LogP contribution in [-0.2, 0) is 0 Å². The molecule has 2 N–H and O–H groups in total. The fourth-order valence-electron chi connectivity index (χ4n) is 2.52. The molecule has 1 aromatic carbocycles. The molecule has 0 spiro atoms. The highest BCUT2D eigenvalue weighted by Gasteiger charge is 2.28. The Balaban J connectivity index is 2.06. The first-order chi connectivity index (χ1) is 9.51. The highest BCUT2D eigenvalue weighted by molar-refractivity contribution is 6.30. The standard InChI is InChI=1S/C14H19ClN2O3/c1-9-8-17(14(18)19)6-5-11(9)16-12-4-3-10(15)7-13(12)20-2/h3-4,7,9,11,16H,5-6,8H2,1-2H3,(H,18,19)/t9-,11-/m1/s1. The molecule has 0 radical (unpaired) electrons. The van der Waals surface area contributed by atoms with Crippen LogP contribution < -0.4 is 10.1 Å². The summed E-state index contributed by atoms with van der Waals surface area (Å²) in [6.07, 6.45) is -0.0708. The van der Waals surface area contributed by atoms with Gasteiger partial charge in [-0.25, -0.2) is 4.79 Å². The number of methoxy groups -OCH3 is 1. The maximum absolute atomic E-state index is 11.0. The lowest BCUT2D eigenvalue weighted by Gasteiger charge is -2.36. The molecule has 110 valence electrons.